The van der Waals surface area contributed by atoms with Crippen molar-refractivity contribution in [1.29, 1.82) is 0 Å². The minimum absolute atomic E-state index is 0.215. The maximum Gasteiger partial charge on any atom is 0.0906 e. The molecule has 2 aliphatic heterocycles. The van der Waals surface area contributed by atoms with Crippen LogP contribution in [0.2, 0.25) is 0 Å². The van der Waals surface area contributed by atoms with E-state index in [-0.39, 0.29) is 6.67 Å². The van der Waals surface area contributed by atoms with Gasteiger partial charge in [-0.05, 0) is 80.7 Å². The number of rotatable bonds is 7. The van der Waals surface area contributed by atoms with Gasteiger partial charge in [0.2, 0.25) is 0 Å². The quantitative estimate of drug-likeness (QED) is 0.449. The number of halogens is 1. The molecule has 2 N–H and O–H groups in total. The van der Waals surface area contributed by atoms with Crippen LogP contribution in [-0.4, -0.2) is 58.7 Å². The fraction of sp³-hybridized carbons (Fsp3) is 0.533. The summed E-state index contributed by atoms with van der Waals surface area (Å²) in [5, 5.41) is 5.14. The average Bonchev–Trinajstić information content (AvgIpc) is 3.41. The topological polar surface area (TPSA) is 34.3 Å². The highest BCUT2D eigenvalue weighted by atomic mass is 19.1. The van der Waals surface area contributed by atoms with Crippen molar-refractivity contribution >= 4 is 16.6 Å². The standard InChI is InChI=1S/C30H37FN4/c1-20-15-26-25-5-2-3-6-27(25)33-28(26)29(35(20)30-16-21(17-30)18-30)22-7-9-23(10-8-22)32-24-11-14-34(19-24)13-4-12-31/h2-3,5-10,20-21,24,29,32-33H,4,11-19H2,1H3/t20-,21?,24?,29-,30?/m1/s1. The third-order valence-electron chi connectivity index (χ3n) is 9.40. The van der Waals surface area contributed by atoms with Crippen LogP contribution in [0.15, 0.2) is 48.5 Å². The molecule has 8 rings (SSSR count). The largest absolute Gasteiger partial charge is 0.381 e. The molecule has 1 saturated heterocycles. The van der Waals surface area contributed by atoms with Gasteiger partial charge in [-0.2, -0.15) is 0 Å². The normalized spacial score (nSPS) is 32.3. The highest BCUT2D eigenvalue weighted by Crippen LogP contribution is 2.64. The molecule has 4 fully saturated rings. The molecule has 5 heteroatoms. The van der Waals surface area contributed by atoms with E-state index < -0.39 is 0 Å². The van der Waals surface area contributed by atoms with E-state index in [1.807, 2.05) is 0 Å². The van der Waals surface area contributed by atoms with E-state index in [1.54, 1.807) is 0 Å². The van der Waals surface area contributed by atoms with Gasteiger partial charge in [-0.1, -0.05) is 30.3 Å². The second-order valence-electron chi connectivity index (χ2n) is 11.7. The molecule has 0 amide bonds. The predicted molar refractivity (Wildman–Crippen MR) is 141 cm³/mol. The summed E-state index contributed by atoms with van der Waals surface area (Å²) in [5.41, 5.74) is 7.20. The van der Waals surface area contributed by atoms with Gasteiger partial charge in [-0.15, -0.1) is 0 Å². The Hall–Kier alpha value is -2.37. The van der Waals surface area contributed by atoms with Gasteiger partial charge in [0.1, 0.15) is 0 Å². The molecule has 0 spiro atoms. The molecule has 0 radical (unpaired) electrons. The minimum Gasteiger partial charge on any atom is -0.381 e. The molecule has 35 heavy (non-hydrogen) atoms. The molecule has 1 unspecified atom stereocenters. The number of nitrogens with zero attached hydrogens (tertiary/aromatic N) is 2. The summed E-state index contributed by atoms with van der Waals surface area (Å²) in [6, 6.07) is 19.4. The number of nitrogens with one attached hydrogen (secondary N) is 2. The molecule has 184 valence electrons. The lowest BCUT2D eigenvalue weighted by molar-refractivity contribution is -0.174. The summed E-state index contributed by atoms with van der Waals surface area (Å²) >= 11 is 0. The van der Waals surface area contributed by atoms with Crippen LogP contribution in [0, 0.1) is 5.92 Å². The number of benzene rings is 2. The third-order valence-corrected chi connectivity index (χ3v) is 9.40. The van der Waals surface area contributed by atoms with Gasteiger partial charge in [0, 0.05) is 59.5 Å². The highest BCUT2D eigenvalue weighted by Gasteiger charge is 2.63. The number of alkyl halides is 1. The van der Waals surface area contributed by atoms with E-state index >= 15 is 0 Å². The van der Waals surface area contributed by atoms with Crippen LogP contribution in [0.25, 0.3) is 10.9 Å². The number of aromatic amines is 1. The average molecular weight is 473 g/mol. The third kappa shape index (κ3) is 3.54. The summed E-state index contributed by atoms with van der Waals surface area (Å²) in [4.78, 5) is 9.12. The summed E-state index contributed by atoms with van der Waals surface area (Å²) in [7, 11) is 0. The second kappa shape index (κ2) is 8.35. The lowest BCUT2D eigenvalue weighted by Crippen LogP contribution is -2.71. The van der Waals surface area contributed by atoms with E-state index in [1.165, 1.54) is 52.7 Å². The van der Waals surface area contributed by atoms with Crippen LogP contribution < -0.4 is 5.32 Å². The monoisotopic (exact) mass is 472 g/mol. The number of anilines is 1. The van der Waals surface area contributed by atoms with Crippen molar-refractivity contribution in [3.8, 4) is 0 Å². The van der Waals surface area contributed by atoms with Crippen LogP contribution in [0.5, 0.6) is 0 Å². The van der Waals surface area contributed by atoms with Crippen LogP contribution in [0.4, 0.5) is 10.1 Å². The van der Waals surface area contributed by atoms with Gasteiger partial charge in [0.25, 0.3) is 0 Å². The Morgan fingerprint density at radius 1 is 1.09 bits per heavy atom. The number of para-hydroxylation sites is 1. The van der Waals surface area contributed by atoms with E-state index in [0.29, 0.717) is 30.1 Å². The molecule has 5 aliphatic rings. The van der Waals surface area contributed by atoms with Gasteiger partial charge >= 0.3 is 0 Å². The summed E-state index contributed by atoms with van der Waals surface area (Å²) < 4.78 is 12.5. The summed E-state index contributed by atoms with van der Waals surface area (Å²) in [6.07, 6.45) is 7.04. The fourth-order valence-corrected chi connectivity index (χ4v) is 7.71. The first-order valence-electron chi connectivity index (χ1n) is 13.7. The smallest absolute Gasteiger partial charge is 0.0906 e. The Morgan fingerprint density at radius 2 is 1.89 bits per heavy atom. The SMILES string of the molecule is C[C@@H]1Cc2c([nH]c3ccccc23)[C@@H](c2ccc(NC3CCN(CCCF)C3)cc2)N1C12CC(C1)C2. The maximum absolute atomic E-state index is 12.5. The lowest BCUT2D eigenvalue weighted by atomic mass is 9.48. The zero-order valence-corrected chi connectivity index (χ0v) is 20.8. The molecular weight excluding hydrogens is 435 g/mol. The van der Waals surface area contributed by atoms with Gasteiger partial charge in [-0.25, -0.2) is 0 Å². The molecular formula is C30H37FN4. The van der Waals surface area contributed by atoms with Gasteiger partial charge < -0.3 is 15.2 Å². The predicted octanol–water partition coefficient (Wildman–Crippen LogP) is 5.90. The number of H-pyrrole nitrogens is 1. The van der Waals surface area contributed by atoms with Crippen LogP contribution >= 0.6 is 0 Å². The molecule has 3 aromatic rings. The first-order chi connectivity index (χ1) is 17.1. The van der Waals surface area contributed by atoms with Crippen molar-refractivity contribution in [2.24, 2.45) is 5.92 Å². The number of likely N-dealkylation sites (tertiary alicyclic amines) is 1. The fourth-order valence-electron chi connectivity index (χ4n) is 7.71. The second-order valence-corrected chi connectivity index (χ2v) is 11.7. The Labute approximate surface area is 207 Å². The van der Waals surface area contributed by atoms with Crippen LogP contribution in [0.3, 0.4) is 0 Å². The lowest BCUT2D eigenvalue weighted by Gasteiger charge is -2.70. The zero-order chi connectivity index (χ0) is 23.6. The minimum atomic E-state index is -0.215. The molecule has 3 atom stereocenters. The van der Waals surface area contributed by atoms with E-state index in [4.69, 9.17) is 0 Å². The van der Waals surface area contributed by atoms with E-state index in [9.17, 15) is 4.39 Å². The number of hydrogen-bond acceptors (Lipinski definition) is 3. The van der Waals surface area contributed by atoms with Gasteiger partial charge in [0.05, 0.1) is 12.7 Å². The van der Waals surface area contributed by atoms with Crippen LogP contribution in [0.1, 0.15) is 61.9 Å². The Morgan fingerprint density at radius 3 is 2.63 bits per heavy atom. The number of aromatic nitrogens is 1. The summed E-state index contributed by atoms with van der Waals surface area (Å²) in [6.45, 7) is 5.18. The first-order valence-corrected chi connectivity index (χ1v) is 13.7. The zero-order valence-electron chi connectivity index (χ0n) is 20.8. The molecule has 4 nitrogen and oxygen atoms in total. The van der Waals surface area contributed by atoms with Crippen molar-refractivity contribution in [3.05, 3.63) is 65.4 Å². The van der Waals surface area contributed by atoms with E-state index in [0.717, 1.165) is 38.4 Å². The number of fused-ring (bicyclic) bond motifs is 3. The molecule has 2 bridgehead atoms. The molecule has 3 saturated carbocycles. The molecule has 3 heterocycles. The van der Waals surface area contributed by atoms with Gasteiger partial charge in [-0.3, -0.25) is 9.29 Å². The maximum atomic E-state index is 12.5. The van der Waals surface area contributed by atoms with Crippen molar-refractivity contribution in [2.45, 2.75) is 69.1 Å². The van der Waals surface area contributed by atoms with E-state index in [2.05, 4.69) is 75.6 Å². The first kappa shape index (κ1) is 21.9. The highest BCUT2D eigenvalue weighted by molar-refractivity contribution is 5.85. The molecule has 3 aliphatic carbocycles. The van der Waals surface area contributed by atoms with Crippen molar-refractivity contribution < 1.29 is 4.39 Å². The Kier molecular flexibility index (Phi) is 5.22. The number of hydrogen-bond donors (Lipinski definition) is 2. The Balaban J connectivity index is 1.18. The molecule has 1 aromatic heterocycles. The van der Waals surface area contributed by atoms with Crippen molar-refractivity contribution in [3.63, 3.8) is 0 Å². The van der Waals surface area contributed by atoms with Crippen LogP contribution in [-0.2, 0) is 6.42 Å². The summed E-state index contributed by atoms with van der Waals surface area (Å²) in [5.74, 6) is 0.967. The van der Waals surface area contributed by atoms with Gasteiger partial charge in [0.15, 0.2) is 0 Å². The Bertz CT molecular complexity index is 1200. The molecule has 2 aromatic carbocycles. The van der Waals surface area contributed by atoms with Crippen molar-refractivity contribution in [2.75, 3.05) is 31.6 Å². The van der Waals surface area contributed by atoms with Crippen molar-refractivity contribution in [1.82, 2.24) is 14.8 Å².